The second kappa shape index (κ2) is 9.30. The number of benzene rings is 2. The number of hydrogen-bond donors (Lipinski definition) is 0. The van der Waals surface area contributed by atoms with E-state index < -0.39 is 11.6 Å². The van der Waals surface area contributed by atoms with Crippen LogP contribution in [0.2, 0.25) is 0 Å². The highest BCUT2D eigenvalue weighted by molar-refractivity contribution is 5.94. The summed E-state index contributed by atoms with van der Waals surface area (Å²) in [6, 6.07) is 10.8. The maximum Gasteiger partial charge on any atom is 0.223 e. The van der Waals surface area contributed by atoms with Gasteiger partial charge in [0.2, 0.25) is 5.91 Å². The number of hydrogen-bond acceptors (Lipinski definition) is 5. The maximum atomic E-state index is 14.4. The zero-order chi connectivity index (χ0) is 22.7. The van der Waals surface area contributed by atoms with Crippen molar-refractivity contribution >= 4 is 17.4 Å². The number of carbonyl (C=O) groups excluding carboxylic acids is 2. The fourth-order valence-electron chi connectivity index (χ4n) is 3.76. The van der Waals surface area contributed by atoms with Crippen molar-refractivity contribution in [3.05, 3.63) is 71.8 Å². The molecule has 0 saturated carbocycles. The van der Waals surface area contributed by atoms with Crippen molar-refractivity contribution < 1.29 is 22.8 Å². The van der Waals surface area contributed by atoms with Crippen LogP contribution in [-0.2, 0) is 11.2 Å². The molecule has 2 heterocycles. The van der Waals surface area contributed by atoms with Crippen molar-refractivity contribution in [1.82, 2.24) is 9.88 Å². The Morgan fingerprint density at radius 1 is 1.03 bits per heavy atom. The average molecular weight is 439 g/mol. The number of oxazole rings is 1. The standard InChI is InChI=1S/C24H23F2N3O3/c1-16(30)17-6-7-21(20(26)14-17)28-10-12-29(13-11-28)24(31)9-8-23-27-15-22(32-23)18-4-2-3-5-19(18)25/h2-7,14-15H,8-13H2,1H3. The number of nitrogens with zero attached hydrogens (tertiary/aromatic N) is 3. The summed E-state index contributed by atoms with van der Waals surface area (Å²) in [5.74, 6) is -0.343. The van der Waals surface area contributed by atoms with Gasteiger partial charge in [-0.25, -0.2) is 13.8 Å². The number of aromatic nitrogens is 1. The number of piperazine rings is 1. The molecular weight excluding hydrogens is 416 g/mol. The zero-order valence-electron chi connectivity index (χ0n) is 17.7. The Morgan fingerprint density at radius 2 is 1.78 bits per heavy atom. The largest absolute Gasteiger partial charge is 0.441 e. The van der Waals surface area contributed by atoms with Gasteiger partial charge in [0.15, 0.2) is 17.4 Å². The van der Waals surface area contributed by atoms with E-state index in [1.54, 1.807) is 35.2 Å². The summed E-state index contributed by atoms with van der Waals surface area (Å²) in [6.07, 6.45) is 2.00. The summed E-state index contributed by atoms with van der Waals surface area (Å²) >= 11 is 0. The minimum absolute atomic E-state index is 0.0392. The maximum absolute atomic E-state index is 14.4. The molecule has 32 heavy (non-hydrogen) atoms. The van der Waals surface area contributed by atoms with Crippen molar-refractivity contribution in [2.45, 2.75) is 19.8 Å². The average Bonchev–Trinajstić information content (AvgIpc) is 3.26. The van der Waals surface area contributed by atoms with Crippen LogP contribution in [-0.4, -0.2) is 47.8 Å². The molecule has 2 aromatic carbocycles. The number of halogens is 2. The number of aryl methyl sites for hydroxylation is 1. The number of rotatable bonds is 6. The van der Waals surface area contributed by atoms with E-state index in [1.807, 2.05) is 4.90 Å². The minimum atomic E-state index is -0.438. The monoisotopic (exact) mass is 439 g/mol. The molecule has 1 aliphatic heterocycles. The van der Waals surface area contributed by atoms with Gasteiger partial charge >= 0.3 is 0 Å². The molecule has 4 rings (SSSR count). The van der Waals surface area contributed by atoms with Crippen molar-refractivity contribution in [2.24, 2.45) is 0 Å². The molecule has 166 valence electrons. The highest BCUT2D eigenvalue weighted by atomic mass is 19.1. The molecule has 1 aliphatic rings. The quantitative estimate of drug-likeness (QED) is 0.541. The first-order valence-corrected chi connectivity index (χ1v) is 10.4. The molecule has 0 unspecified atom stereocenters. The van der Waals surface area contributed by atoms with Crippen LogP contribution in [0.4, 0.5) is 14.5 Å². The summed E-state index contributed by atoms with van der Waals surface area (Å²) < 4.78 is 33.9. The van der Waals surface area contributed by atoms with E-state index in [-0.39, 0.29) is 18.1 Å². The Balaban J connectivity index is 1.30. The number of ketones is 1. The van der Waals surface area contributed by atoms with Gasteiger partial charge < -0.3 is 14.2 Å². The lowest BCUT2D eigenvalue weighted by Crippen LogP contribution is -2.49. The first kappa shape index (κ1) is 21.7. The van der Waals surface area contributed by atoms with E-state index in [2.05, 4.69) is 4.98 Å². The molecule has 0 atom stereocenters. The lowest BCUT2D eigenvalue weighted by Gasteiger charge is -2.36. The zero-order valence-corrected chi connectivity index (χ0v) is 17.7. The molecule has 8 heteroatoms. The van der Waals surface area contributed by atoms with E-state index in [9.17, 15) is 18.4 Å². The Labute approximate surface area is 184 Å². The summed E-state index contributed by atoms with van der Waals surface area (Å²) in [7, 11) is 0. The Hall–Kier alpha value is -3.55. The van der Waals surface area contributed by atoms with Gasteiger partial charge in [-0.3, -0.25) is 9.59 Å². The third-order valence-corrected chi connectivity index (χ3v) is 5.57. The third kappa shape index (κ3) is 4.69. The number of amides is 1. The van der Waals surface area contributed by atoms with E-state index in [4.69, 9.17) is 4.42 Å². The van der Waals surface area contributed by atoms with Gasteiger partial charge in [0.1, 0.15) is 11.6 Å². The van der Waals surface area contributed by atoms with Crippen LogP contribution in [0.15, 0.2) is 53.1 Å². The van der Waals surface area contributed by atoms with Crippen LogP contribution >= 0.6 is 0 Å². The highest BCUT2D eigenvalue weighted by Gasteiger charge is 2.23. The molecular formula is C24H23F2N3O3. The Kier molecular flexibility index (Phi) is 6.30. The Bertz CT molecular complexity index is 1140. The molecule has 0 radical (unpaired) electrons. The molecule has 0 bridgehead atoms. The van der Waals surface area contributed by atoms with E-state index in [0.717, 1.165) is 0 Å². The molecule has 6 nitrogen and oxygen atoms in total. The lowest BCUT2D eigenvalue weighted by atomic mass is 10.1. The van der Waals surface area contributed by atoms with Crippen LogP contribution in [0.1, 0.15) is 29.6 Å². The molecule has 0 aliphatic carbocycles. The molecule has 1 amide bonds. The van der Waals surface area contributed by atoms with Crippen LogP contribution < -0.4 is 4.90 Å². The molecule has 0 spiro atoms. The number of carbonyl (C=O) groups is 2. The van der Waals surface area contributed by atoms with Gasteiger partial charge in [-0.1, -0.05) is 12.1 Å². The van der Waals surface area contributed by atoms with Gasteiger partial charge in [-0.05, 0) is 37.3 Å². The summed E-state index contributed by atoms with van der Waals surface area (Å²) in [5.41, 5.74) is 1.10. The first-order chi connectivity index (χ1) is 15.4. The van der Waals surface area contributed by atoms with E-state index in [1.165, 1.54) is 25.3 Å². The number of Topliss-reactive ketones (excluding diaryl/α,β-unsaturated/α-hetero) is 1. The van der Waals surface area contributed by atoms with E-state index >= 15 is 0 Å². The molecule has 3 aromatic rings. The molecule has 1 fully saturated rings. The minimum Gasteiger partial charge on any atom is -0.441 e. The van der Waals surface area contributed by atoms with Crippen molar-refractivity contribution in [1.29, 1.82) is 0 Å². The van der Waals surface area contributed by atoms with Gasteiger partial charge in [-0.15, -0.1) is 0 Å². The van der Waals surface area contributed by atoms with Crippen LogP contribution in [0, 0.1) is 11.6 Å². The SMILES string of the molecule is CC(=O)c1ccc(N2CCN(C(=O)CCc3ncc(-c4ccccc4F)o3)CC2)c(F)c1. The van der Waals surface area contributed by atoms with Crippen LogP contribution in [0.3, 0.4) is 0 Å². The summed E-state index contributed by atoms with van der Waals surface area (Å²) in [6.45, 7) is 3.34. The Morgan fingerprint density at radius 3 is 2.47 bits per heavy atom. The van der Waals surface area contributed by atoms with Crippen molar-refractivity contribution in [3.63, 3.8) is 0 Å². The fourth-order valence-corrected chi connectivity index (χ4v) is 3.76. The predicted octanol–water partition coefficient (Wildman–Crippen LogP) is 4.10. The van der Waals surface area contributed by atoms with Gasteiger partial charge in [0.25, 0.3) is 0 Å². The van der Waals surface area contributed by atoms with Crippen molar-refractivity contribution in [2.75, 3.05) is 31.1 Å². The molecule has 1 aromatic heterocycles. The van der Waals surface area contributed by atoms with Gasteiger partial charge in [0, 0.05) is 44.6 Å². The smallest absolute Gasteiger partial charge is 0.223 e. The second-order valence-corrected chi connectivity index (χ2v) is 7.69. The summed E-state index contributed by atoms with van der Waals surface area (Å²) in [4.78, 5) is 31.8. The van der Waals surface area contributed by atoms with E-state index in [0.29, 0.717) is 61.1 Å². The summed E-state index contributed by atoms with van der Waals surface area (Å²) in [5, 5.41) is 0. The van der Waals surface area contributed by atoms with Crippen LogP contribution in [0.25, 0.3) is 11.3 Å². The predicted molar refractivity (Wildman–Crippen MR) is 115 cm³/mol. The molecule has 0 N–H and O–H groups in total. The fraction of sp³-hybridized carbons (Fsp3) is 0.292. The third-order valence-electron chi connectivity index (χ3n) is 5.57. The van der Waals surface area contributed by atoms with Gasteiger partial charge in [-0.2, -0.15) is 0 Å². The highest BCUT2D eigenvalue weighted by Crippen LogP contribution is 2.25. The topological polar surface area (TPSA) is 66.7 Å². The molecule has 1 saturated heterocycles. The van der Waals surface area contributed by atoms with Crippen molar-refractivity contribution in [3.8, 4) is 11.3 Å². The lowest BCUT2D eigenvalue weighted by molar-refractivity contribution is -0.131. The first-order valence-electron chi connectivity index (χ1n) is 10.4. The van der Waals surface area contributed by atoms with Crippen LogP contribution in [0.5, 0.6) is 0 Å². The van der Waals surface area contributed by atoms with Gasteiger partial charge in [0.05, 0.1) is 17.4 Å². The normalized spacial score (nSPS) is 14.0. The number of anilines is 1. The second-order valence-electron chi connectivity index (χ2n) is 7.69.